The van der Waals surface area contributed by atoms with E-state index in [0.29, 0.717) is 15.8 Å². The molecular weight excluding hydrogens is 592 g/mol. The smallest absolute Gasteiger partial charge is 0.269 e. The molecule has 0 saturated carbocycles. The van der Waals surface area contributed by atoms with E-state index in [1.54, 1.807) is 36.7 Å². The summed E-state index contributed by atoms with van der Waals surface area (Å²) in [6.07, 6.45) is 3.80. The fourth-order valence-corrected chi connectivity index (χ4v) is 7.71. The van der Waals surface area contributed by atoms with Crippen LogP contribution < -0.4 is 4.90 Å². The van der Waals surface area contributed by atoms with Gasteiger partial charge in [0.25, 0.3) is 16.0 Å². The maximum Gasteiger partial charge on any atom is 0.269 e. The van der Waals surface area contributed by atoms with Crippen molar-refractivity contribution >= 4 is 54.1 Å². The number of pyridine rings is 1. The van der Waals surface area contributed by atoms with Crippen LogP contribution in [0, 0.1) is 5.92 Å². The zero-order valence-electron chi connectivity index (χ0n) is 22.3. The highest BCUT2D eigenvalue weighted by Gasteiger charge is 2.48. The molecule has 3 aromatic rings. The van der Waals surface area contributed by atoms with E-state index in [1.165, 1.54) is 17.0 Å². The van der Waals surface area contributed by atoms with E-state index >= 15 is 0 Å². The highest BCUT2D eigenvalue weighted by Crippen LogP contribution is 2.31. The molecule has 11 nitrogen and oxygen atoms in total. The zero-order valence-corrected chi connectivity index (χ0v) is 24.7. The Balaban J connectivity index is 1.39. The Morgan fingerprint density at radius 2 is 1.66 bits per heavy atom. The van der Waals surface area contributed by atoms with E-state index in [2.05, 4.69) is 9.88 Å². The molecule has 2 saturated heterocycles. The van der Waals surface area contributed by atoms with Crippen LogP contribution in [0.3, 0.4) is 0 Å². The van der Waals surface area contributed by atoms with Crippen LogP contribution in [-0.2, 0) is 29.1 Å². The number of carbonyl (C=O) groups excluding carboxylic acids is 1. The van der Waals surface area contributed by atoms with E-state index in [0.717, 1.165) is 42.2 Å². The zero-order chi connectivity index (χ0) is 29.4. The van der Waals surface area contributed by atoms with Gasteiger partial charge in [-0.1, -0.05) is 23.7 Å². The van der Waals surface area contributed by atoms with Gasteiger partial charge in [-0.05, 0) is 65.9 Å². The maximum atomic E-state index is 13.8. The molecule has 0 spiro atoms. The number of carbonyl (C=O) groups is 1. The van der Waals surface area contributed by atoms with Crippen LogP contribution in [0.4, 0.5) is 5.69 Å². The van der Waals surface area contributed by atoms with Crippen LogP contribution in [0.15, 0.2) is 65.8 Å². The summed E-state index contributed by atoms with van der Waals surface area (Å²) in [5, 5.41) is 12.0. The molecule has 2 fully saturated rings. The Labute approximate surface area is 244 Å². The van der Waals surface area contributed by atoms with Gasteiger partial charge in [0.15, 0.2) is 0 Å². The van der Waals surface area contributed by atoms with Gasteiger partial charge >= 0.3 is 0 Å². The quantitative estimate of drug-likeness (QED) is 0.375. The number of nitrogens with zero attached hydrogens (tertiary/aromatic N) is 4. The van der Waals surface area contributed by atoms with Gasteiger partial charge in [-0.15, -0.1) is 0 Å². The fraction of sp³-hybridized carbons (Fsp3) is 0.407. The average Bonchev–Trinajstić information content (AvgIpc) is 2.95. The number of sulfonamides is 1. The van der Waals surface area contributed by atoms with Crippen LogP contribution in [0.2, 0.25) is 5.02 Å². The second-order valence-corrected chi connectivity index (χ2v) is 14.3. The lowest BCUT2D eigenvalue weighted by Crippen LogP contribution is -2.65. The predicted octanol–water partition coefficient (Wildman–Crippen LogP) is 2.30. The van der Waals surface area contributed by atoms with Crippen molar-refractivity contribution in [1.29, 1.82) is 0 Å². The number of amides is 1. The number of piperazine rings is 1. The minimum absolute atomic E-state index is 0.0699. The summed E-state index contributed by atoms with van der Waals surface area (Å²) in [7, 11) is -8.65. The molecule has 220 valence electrons. The summed E-state index contributed by atoms with van der Waals surface area (Å²) in [4.78, 5) is 21.3. The van der Waals surface area contributed by atoms with E-state index < -0.39 is 44.9 Å². The second-order valence-electron chi connectivity index (χ2n) is 10.3. The highest BCUT2D eigenvalue weighted by atomic mass is 35.5. The molecule has 0 aliphatic carbocycles. The summed E-state index contributed by atoms with van der Waals surface area (Å²) in [6.45, 7) is 0.895. The fourth-order valence-electron chi connectivity index (χ4n) is 5.42. The topological polar surface area (TPSA) is 137 Å². The van der Waals surface area contributed by atoms with Crippen molar-refractivity contribution in [1.82, 2.24) is 14.2 Å². The van der Waals surface area contributed by atoms with Crippen molar-refractivity contribution in [3.05, 3.63) is 65.9 Å². The average molecular weight is 623 g/mol. The number of benzene rings is 2. The molecule has 1 aromatic heterocycles. The lowest BCUT2D eigenvalue weighted by Gasteiger charge is -2.45. The molecule has 2 aromatic carbocycles. The van der Waals surface area contributed by atoms with Gasteiger partial charge in [0.05, 0.1) is 23.8 Å². The Bertz CT molecular complexity index is 1630. The van der Waals surface area contributed by atoms with Gasteiger partial charge in [-0.25, -0.2) is 12.6 Å². The minimum atomic E-state index is -4.42. The third kappa shape index (κ3) is 6.50. The van der Waals surface area contributed by atoms with Crippen molar-refractivity contribution in [2.24, 2.45) is 5.92 Å². The summed E-state index contributed by atoms with van der Waals surface area (Å²) < 4.78 is 57.9. The third-order valence-electron chi connectivity index (χ3n) is 7.54. The predicted molar refractivity (Wildman–Crippen MR) is 154 cm³/mol. The third-order valence-corrected chi connectivity index (χ3v) is 10.1. The van der Waals surface area contributed by atoms with Crippen molar-refractivity contribution in [2.45, 2.75) is 30.0 Å². The number of aliphatic hydroxyl groups is 1. The monoisotopic (exact) mass is 622 g/mol. The molecule has 1 amide bonds. The van der Waals surface area contributed by atoms with E-state index in [4.69, 9.17) is 15.8 Å². The summed E-state index contributed by atoms with van der Waals surface area (Å²) in [5.41, 5.74) is 1.06. The van der Waals surface area contributed by atoms with Crippen LogP contribution in [0.5, 0.6) is 0 Å². The first-order chi connectivity index (χ1) is 19.5. The molecule has 1 N–H and O–H groups in total. The van der Waals surface area contributed by atoms with Gasteiger partial charge in [0, 0.05) is 49.3 Å². The molecule has 0 radical (unpaired) electrons. The Morgan fingerprint density at radius 3 is 2.32 bits per heavy atom. The van der Waals surface area contributed by atoms with Gasteiger partial charge in [-0.3, -0.25) is 9.78 Å². The standard InChI is InChI=1S/C27H31ClN4O7S2/c1-40(35,36)39-27-26(34)31(16-19-8-12-30(13-9-19)23-6-10-29-11-7-23)24(18-33)17-32(27)41(37,38)25-5-3-20-14-22(28)4-2-21(20)15-25/h2-7,10-11,14-15,19,24,27,33H,8-9,12-13,16-18H2,1H3. The van der Waals surface area contributed by atoms with Crippen molar-refractivity contribution < 1.29 is 30.9 Å². The number of hydrogen-bond donors (Lipinski definition) is 1. The van der Waals surface area contributed by atoms with Crippen LogP contribution in [0.25, 0.3) is 10.8 Å². The first-order valence-electron chi connectivity index (χ1n) is 13.1. The number of fused-ring (bicyclic) bond motifs is 1. The van der Waals surface area contributed by atoms with Crippen LogP contribution in [-0.4, -0.2) is 93.3 Å². The molecule has 2 unspecified atom stereocenters. The molecule has 41 heavy (non-hydrogen) atoms. The van der Waals surface area contributed by atoms with Gasteiger partial charge < -0.3 is 14.9 Å². The lowest BCUT2D eigenvalue weighted by atomic mass is 9.94. The molecule has 2 aliphatic rings. The summed E-state index contributed by atoms with van der Waals surface area (Å²) >= 11 is 6.05. The number of rotatable bonds is 8. The molecule has 5 rings (SSSR count). The SMILES string of the molecule is CS(=O)(=O)OC1C(=O)N(CC2CCN(c3ccncc3)CC2)C(CO)CN1S(=O)(=O)c1ccc2cc(Cl)ccc2c1. The summed E-state index contributed by atoms with van der Waals surface area (Å²) in [6, 6.07) is 12.4. The molecular formula is C27H31ClN4O7S2. The Kier molecular flexibility index (Phi) is 8.56. The molecule has 2 atom stereocenters. The van der Waals surface area contributed by atoms with E-state index in [-0.39, 0.29) is 23.9 Å². The number of anilines is 1. The van der Waals surface area contributed by atoms with Crippen molar-refractivity contribution in [2.75, 3.05) is 43.9 Å². The summed E-state index contributed by atoms with van der Waals surface area (Å²) in [5.74, 6) is -0.756. The number of aromatic nitrogens is 1. The van der Waals surface area contributed by atoms with Gasteiger partial charge in [0.2, 0.25) is 16.3 Å². The highest BCUT2D eigenvalue weighted by molar-refractivity contribution is 7.89. The largest absolute Gasteiger partial charge is 0.394 e. The Morgan fingerprint density at radius 1 is 1.00 bits per heavy atom. The van der Waals surface area contributed by atoms with Gasteiger partial charge in [0.1, 0.15) is 0 Å². The Hall–Kier alpha value is -2.81. The molecule has 0 bridgehead atoms. The van der Waals surface area contributed by atoms with E-state index in [9.17, 15) is 26.7 Å². The molecule has 2 aliphatic heterocycles. The first kappa shape index (κ1) is 29.7. The first-order valence-corrected chi connectivity index (χ1v) is 16.8. The number of piperidine rings is 1. The molecule has 3 heterocycles. The van der Waals surface area contributed by atoms with Crippen LogP contribution in [0.1, 0.15) is 12.8 Å². The number of hydrogen-bond acceptors (Lipinski definition) is 9. The van der Waals surface area contributed by atoms with Gasteiger partial charge in [-0.2, -0.15) is 12.7 Å². The number of aliphatic hydroxyl groups excluding tert-OH is 1. The van der Waals surface area contributed by atoms with Crippen molar-refractivity contribution in [3.63, 3.8) is 0 Å². The maximum absolute atomic E-state index is 13.8. The van der Waals surface area contributed by atoms with Crippen LogP contribution >= 0.6 is 11.6 Å². The minimum Gasteiger partial charge on any atom is -0.394 e. The van der Waals surface area contributed by atoms with E-state index in [1.807, 2.05) is 12.1 Å². The lowest BCUT2D eigenvalue weighted by molar-refractivity contribution is -0.156. The number of halogens is 1. The second kappa shape index (κ2) is 11.8. The van der Waals surface area contributed by atoms with Crippen molar-refractivity contribution in [3.8, 4) is 0 Å². The molecule has 14 heteroatoms. The normalized spacial score (nSPS) is 21.5.